The van der Waals surface area contributed by atoms with Crippen molar-refractivity contribution in [1.82, 2.24) is 10.2 Å². The maximum atomic E-state index is 13.3. The van der Waals surface area contributed by atoms with Gasteiger partial charge < -0.3 is 5.32 Å². The topological polar surface area (TPSA) is 15.3 Å². The van der Waals surface area contributed by atoms with Crippen LogP contribution in [0.4, 0.5) is 8.78 Å². The fourth-order valence-electron chi connectivity index (χ4n) is 2.01. The summed E-state index contributed by atoms with van der Waals surface area (Å²) in [5.41, 5.74) is 0.977. The average Bonchev–Trinajstić information content (AvgIpc) is 2.31. The van der Waals surface area contributed by atoms with Crippen LogP contribution < -0.4 is 5.32 Å². The molecule has 1 heterocycles. The van der Waals surface area contributed by atoms with Gasteiger partial charge >= 0.3 is 0 Å². The van der Waals surface area contributed by atoms with E-state index in [4.69, 9.17) is 0 Å². The molecule has 1 saturated heterocycles. The van der Waals surface area contributed by atoms with Crippen LogP contribution >= 0.6 is 0 Å². The van der Waals surface area contributed by atoms with Crippen LogP contribution in [-0.4, -0.2) is 31.1 Å². The Hall–Kier alpha value is -1.00. The Morgan fingerprint density at radius 3 is 2.69 bits per heavy atom. The Labute approximate surface area is 94.3 Å². The maximum absolute atomic E-state index is 13.3. The number of halogens is 2. The van der Waals surface area contributed by atoms with Crippen molar-refractivity contribution in [2.75, 3.05) is 26.2 Å². The monoisotopic (exact) mass is 226 g/mol. The number of nitrogens with one attached hydrogen (secondary N) is 1. The summed E-state index contributed by atoms with van der Waals surface area (Å²) >= 11 is 0. The molecule has 0 atom stereocenters. The zero-order valence-corrected chi connectivity index (χ0v) is 9.18. The summed E-state index contributed by atoms with van der Waals surface area (Å²) in [6, 6.07) is 4.77. The smallest absolute Gasteiger partial charge is 0.129 e. The summed E-state index contributed by atoms with van der Waals surface area (Å²) in [7, 11) is 0. The fourth-order valence-corrected chi connectivity index (χ4v) is 2.01. The molecule has 2 rings (SSSR count). The molecule has 0 radical (unpaired) electrons. The summed E-state index contributed by atoms with van der Waals surface area (Å²) in [4.78, 5) is 2.21. The van der Waals surface area contributed by atoms with Crippen LogP contribution in [0.1, 0.15) is 11.1 Å². The van der Waals surface area contributed by atoms with Gasteiger partial charge in [-0.1, -0.05) is 12.1 Å². The van der Waals surface area contributed by atoms with Crippen LogP contribution in [-0.2, 0) is 13.2 Å². The van der Waals surface area contributed by atoms with Crippen LogP contribution in [0.25, 0.3) is 0 Å². The summed E-state index contributed by atoms with van der Waals surface area (Å²) < 4.78 is 26.1. The molecule has 0 amide bonds. The molecule has 1 aliphatic rings. The van der Waals surface area contributed by atoms with E-state index >= 15 is 0 Å². The Kier molecular flexibility index (Phi) is 3.85. The molecule has 0 saturated carbocycles. The molecule has 4 heteroatoms. The summed E-state index contributed by atoms with van der Waals surface area (Å²) in [5.74, 6) is -0.435. The molecule has 16 heavy (non-hydrogen) atoms. The first kappa shape index (κ1) is 11.5. The highest BCUT2D eigenvalue weighted by Crippen LogP contribution is 2.17. The number of hydrogen-bond acceptors (Lipinski definition) is 2. The molecule has 1 aliphatic heterocycles. The minimum absolute atomic E-state index is 0.209. The van der Waals surface area contributed by atoms with E-state index in [-0.39, 0.29) is 5.56 Å². The van der Waals surface area contributed by atoms with Gasteiger partial charge in [-0.15, -0.1) is 0 Å². The zero-order chi connectivity index (χ0) is 11.4. The van der Waals surface area contributed by atoms with Crippen LogP contribution in [0.3, 0.4) is 0 Å². The van der Waals surface area contributed by atoms with Gasteiger partial charge in [0.1, 0.15) is 12.5 Å². The van der Waals surface area contributed by atoms with Crippen LogP contribution in [0.5, 0.6) is 0 Å². The second-order valence-electron chi connectivity index (χ2n) is 4.04. The third kappa shape index (κ3) is 2.57. The van der Waals surface area contributed by atoms with Gasteiger partial charge in [0.05, 0.1) is 0 Å². The number of nitrogens with zero attached hydrogens (tertiary/aromatic N) is 1. The van der Waals surface area contributed by atoms with Gasteiger partial charge in [0, 0.05) is 38.3 Å². The molecule has 88 valence electrons. The number of piperazine rings is 1. The van der Waals surface area contributed by atoms with Gasteiger partial charge in [0.25, 0.3) is 0 Å². The molecule has 0 aliphatic carbocycles. The van der Waals surface area contributed by atoms with Crippen LogP contribution in [0, 0.1) is 5.82 Å². The van der Waals surface area contributed by atoms with Crippen molar-refractivity contribution in [1.29, 1.82) is 0 Å². The first-order chi connectivity index (χ1) is 7.81. The normalized spacial score (nSPS) is 17.6. The van der Waals surface area contributed by atoms with Gasteiger partial charge in [-0.2, -0.15) is 0 Å². The molecule has 1 fully saturated rings. The highest BCUT2D eigenvalue weighted by atomic mass is 19.1. The van der Waals surface area contributed by atoms with Gasteiger partial charge in [0.15, 0.2) is 0 Å². The molecular weight excluding hydrogens is 210 g/mol. The van der Waals surface area contributed by atoms with Crippen molar-refractivity contribution < 1.29 is 8.78 Å². The van der Waals surface area contributed by atoms with Crippen LogP contribution in [0.2, 0.25) is 0 Å². The third-order valence-electron chi connectivity index (χ3n) is 2.95. The average molecular weight is 226 g/mol. The van der Waals surface area contributed by atoms with E-state index in [0.717, 1.165) is 31.7 Å². The minimum Gasteiger partial charge on any atom is -0.314 e. The van der Waals surface area contributed by atoms with Crippen molar-refractivity contribution in [3.05, 3.63) is 35.1 Å². The van der Waals surface area contributed by atoms with Gasteiger partial charge in [0.2, 0.25) is 0 Å². The van der Waals surface area contributed by atoms with Gasteiger partial charge in [-0.05, 0) is 11.6 Å². The highest BCUT2D eigenvalue weighted by molar-refractivity contribution is 5.28. The molecule has 1 aromatic carbocycles. The van der Waals surface area contributed by atoms with E-state index in [1.54, 1.807) is 12.1 Å². The lowest BCUT2D eigenvalue weighted by atomic mass is 10.1. The predicted molar refractivity (Wildman–Crippen MR) is 59.4 cm³/mol. The number of benzene rings is 1. The molecule has 0 unspecified atom stereocenters. The fraction of sp³-hybridized carbons (Fsp3) is 0.500. The lowest BCUT2D eigenvalue weighted by Crippen LogP contribution is -2.43. The zero-order valence-electron chi connectivity index (χ0n) is 9.18. The first-order valence-corrected chi connectivity index (χ1v) is 5.56. The largest absolute Gasteiger partial charge is 0.314 e. The van der Waals surface area contributed by atoms with Gasteiger partial charge in [-0.3, -0.25) is 4.90 Å². The molecule has 1 N–H and O–H groups in total. The molecule has 0 spiro atoms. The molecule has 0 aromatic heterocycles. The van der Waals surface area contributed by atoms with Gasteiger partial charge in [-0.25, -0.2) is 8.78 Å². The summed E-state index contributed by atoms with van der Waals surface area (Å²) in [6.45, 7) is 3.66. The van der Waals surface area contributed by atoms with Crippen molar-refractivity contribution in [3.63, 3.8) is 0 Å². The van der Waals surface area contributed by atoms with Crippen LogP contribution in [0.15, 0.2) is 18.2 Å². The molecule has 2 nitrogen and oxygen atoms in total. The van der Waals surface area contributed by atoms with Crippen molar-refractivity contribution in [3.8, 4) is 0 Å². The summed E-state index contributed by atoms with van der Waals surface area (Å²) in [5, 5.41) is 3.25. The SMILES string of the molecule is FCc1c(F)cccc1CN1CCNCC1. The van der Waals surface area contributed by atoms with E-state index in [1.807, 2.05) is 0 Å². The van der Waals surface area contributed by atoms with E-state index in [1.165, 1.54) is 6.07 Å². The minimum atomic E-state index is -0.728. The second-order valence-corrected chi connectivity index (χ2v) is 4.04. The number of alkyl halides is 1. The Balaban J connectivity index is 2.10. The van der Waals surface area contributed by atoms with Crippen molar-refractivity contribution in [2.45, 2.75) is 13.2 Å². The third-order valence-corrected chi connectivity index (χ3v) is 2.95. The Morgan fingerprint density at radius 1 is 1.25 bits per heavy atom. The lowest BCUT2D eigenvalue weighted by Gasteiger charge is -2.27. The summed E-state index contributed by atoms with van der Waals surface area (Å²) in [6.07, 6.45) is 0. The Bertz CT molecular complexity index is 349. The van der Waals surface area contributed by atoms with E-state index in [2.05, 4.69) is 10.2 Å². The number of rotatable bonds is 3. The van der Waals surface area contributed by atoms with E-state index in [0.29, 0.717) is 6.54 Å². The predicted octanol–water partition coefficient (Wildman–Crippen LogP) is 1.70. The lowest BCUT2D eigenvalue weighted by molar-refractivity contribution is 0.231. The maximum Gasteiger partial charge on any atom is 0.129 e. The second kappa shape index (κ2) is 5.37. The van der Waals surface area contributed by atoms with E-state index < -0.39 is 12.5 Å². The highest BCUT2D eigenvalue weighted by Gasteiger charge is 2.13. The quantitative estimate of drug-likeness (QED) is 0.844. The molecule has 1 aromatic rings. The standard InChI is InChI=1S/C12H16F2N2/c13-8-11-10(2-1-3-12(11)14)9-16-6-4-15-5-7-16/h1-3,15H,4-9H2. The van der Waals surface area contributed by atoms with Crippen molar-refractivity contribution >= 4 is 0 Å². The van der Waals surface area contributed by atoms with Crippen molar-refractivity contribution in [2.24, 2.45) is 0 Å². The van der Waals surface area contributed by atoms with E-state index in [9.17, 15) is 8.78 Å². The first-order valence-electron chi connectivity index (χ1n) is 5.56. The molecular formula is C12H16F2N2. The Morgan fingerprint density at radius 2 is 2.00 bits per heavy atom. The molecule has 0 bridgehead atoms. The number of hydrogen-bond donors (Lipinski definition) is 1.